The molecule has 72 valence electrons. The van der Waals surface area contributed by atoms with Gasteiger partial charge in [0.25, 0.3) is 0 Å². The van der Waals surface area contributed by atoms with Gasteiger partial charge in [-0.1, -0.05) is 19.8 Å². The second-order valence-electron chi connectivity index (χ2n) is 3.97. The van der Waals surface area contributed by atoms with E-state index in [1.54, 1.807) is 7.11 Å². The molecule has 0 saturated heterocycles. The SMILES string of the molecule is COCC(C)C(O)C1CCCC1. The van der Waals surface area contributed by atoms with Crippen LogP contribution in [0.25, 0.3) is 0 Å². The number of rotatable bonds is 4. The van der Waals surface area contributed by atoms with Crippen LogP contribution in [-0.4, -0.2) is 24.9 Å². The first-order valence-electron chi connectivity index (χ1n) is 4.92. The van der Waals surface area contributed by atoms with Crippen molar-refractivity contribution in [2.45, 2.75) is 38.7 Å². The molecule has 0 radical (unpaired) electrons. The van der Waals surface area contributed by atoms with E-state index in [2.05, 4.69) is 6.92 Å². The second kappa shape index (κ2) is 4.83. The van der Waals surface area contributed by atoms with Crippen molar-refractivity contribution in [3.8, 4) is 0 Å². The van der Waals surface area contributed by atoms with E-state index in [9.17, 15) is 5.11 Å². The largest absolute Gasteiger partial charge is 0.392 e. The summed E-state index contributed by atoms with van der Waals surface area (Å²) in [6.45, 7) is 2.74. The van der Waals surface area contributed by atoms with E-state index in [4.69, 9.17) is 4.74 Å². The fourth-order valence-electron chi connectivity index (χ4n) is 2.13. The highest BCUT2D eigenvalue weighted by Gasteiger charge is 2.27. The van der Waals surface area contributed by atoms with Gasteiger partial charge in [-0.15, -0.1) is 0 Å². The number of aliphatic hydroxyl groups is 1. The maximum Gasteiger partial charge on any atom is 0.0615 e. The molecule has 2 atom stereocenters. The van der Waals surface area contributed by atoms with Gasteiger partial charge in [0.05, 0.1) is 12.7 Å². The lowest BCUT2D eigenvalue weighted by molar-refractivity contribution is 0.0203. The molecule has 1 fully saturated rings. The summed E-state index contributed by atoms with van der Waals surface area (Å²) in [5, 5.41) is 9.87. The van der Waals surface area contributed by atoms with E-state index >= 15 is 0 Å². The van der Waals surface area contributed by atoms with Gasteiger partial charge in [-0.3, -0.25) is 0 Å². The van der Waals surface area contributed by atoms with Crippen molar-refractivity contribution in [2.75, 3.05) is 13.7 Å². The second-order valence-corrected chi connectivity index (χ2v) is 3.97. The molecule has 1 aliphatic carbocycles. The van der Waals surface area contributed by atoms with Crippen LogP contribution in [0.3, 0.4) is 0 Å². The molecular weight excluding hydrogens is 152 g/mol. The average molecular weight is 172 g/mol. The third-order valence-electron chi connectivity index (χ3n) is 2.90. The normalized spacial score (nSPS) is 24.2. The summed E-state index contributed by atoms with van der Waals surface area (Å²) in [6, 6.07) is 0. The van der Waals surface area contributed by atoms with Crippen LogP contribution in [0.2, 0.25) is 0 Å². The first-order valence-corrected chi connectivity index (χ1v) is 4.92. The van der Waals surface area contributed by atoms with Crippen LogP contribution >= 0.6 is 0 Å². The smallest absolute Gasteiger partial charge is 0.0615 e. The van der Waals surface area contributed by atoms with Gasteiger partial charge in [0.2, 0.25) is 0 Å². The number of hydrogen-bond donors (Lipinski definition) is 1. The molecule has 0 spiro atoms. The Hall–Kier alpha value is -0.0800. The maximum absolute atomic E-state index is 9.87. The lowest BCUT2D eigenvalue weighted by Crippen LogP contribution is -2.28. The zero-order valence-corrected chi connectivity index (χ0v) is 8.12. The zero-order valence-electron chi connectivity index (χ0n) is 8.12. The van der Waals surface area contributed by atoms with Crippen LogP contribution in [0.15, 0.2) is 0 Å². The molecule has 1 N–H and O–H groups in total. The summed E-state index contributed by atoms with van der Waals surface area (Å²) in [5.74, 6) is 0.827. The van der Waals surface area contributed by atoms with E-state index in [1.807, 2.05) is 0 Å². The van der Waals surface area contributed by atoms with Gasteiger partial charge < -0.3 is 9.84 Å². The number of methoxy groups -OCH3 is 1. The molecule has 2 unspecified atom stereocenters. The van der Waals surface area contributed by atoms with Crippen molar-refractivity contribution in [3.05, 3.63) is 0 Å². The lowest BCUT2D eigenvalue weighted by atomic mass is 9.91. The van der Waals surface area contributed by atoms with Crippen molar-refractivity contribution in [1.82, 2.24) is 0 Å². The molecule has 0 heterocycles. The molecule has 0 aromatic carbocycles. The molecule has 0 aromatic heterocycles. The Morgan fingerprint density at radius 1 is 1.42 bits per heavy atom. The molecule has 1 rings (SSSR count). The molecule has 0 bridgehead atoms. The lowest BCUT2D eigenvalue weighted by Gasteiger charge is -2.23. The predicted molar refractivity (Wildman–Crippen MR) is 49.0 cm³/mol. The van der Waals surface area contributed by atoms with E-state index < -0.39 is 0 Å². The van der Waals surface area contributed by atoms with Crippen molar-refractivity contribution in [3.63, 3.8) is 0 Å². The summed E-state index contributed by atoms with van der Waals surface area (Å²) in [6.07, 6.45) is 4.85. The molecule has 1 aliphatic rings. The predicted octanol–water partition coefficient (Wildman–Crippen LogP) is 1.82. The van der Waals surface area contributed by atoms with Gasteiger partial charge in [0.1, 0.15) is 0 Å². The molecule has 0 aromatic rings. The van der Waals surface area contributed by atoms with Crippen LogP contribution in [0.5, 0.6) is 0 Å². The van der Waals surface area contributed by atoms with E-state index in [0.29, 0.717) is 12.5 Å². The first kappa shape index (κ1) is 10.0. The summed E-state index contributed by atoms with van der Waals surface area (Å²) in [5.41, 5.74) is 0. The fraction of sp³-hybridized carbons (Fsp3) is 1.00. The number of hydrogen-bond acceptors (Lipinski definition) is 2. The van der Waals surface area contributed by atoms with Gasteiger partial charge in [0.15, 0.2) is 0 Å². The van der Waals surface area contributed by atoms with Crippen molar-refractivity contribution < 1.29 is 9.84 Å². The monoisotopic (exact) mass is 172 g/mol. The Kier molecular flexibility index (Phi) is 4.02. The van der Waals surface area contributed by atoms with E-state index in [1.165, 1.54) is 25.7 Å². The molecule has 0 aliphatic heterocycles. The van der Waals surface area contributed by atoms with E-state index in [0.717, 1.165) is 0 Å². The minimum atomic E-state index is -0.146. The summed E-state index contributed by atoms with van der Waals surface area (Å²) in [4.78, 5) is 0. The van der Waals surface area contributed by atoms with Gasteiger partial charge in [-0.2, -0.15) is 0 Å². The van der Waals surface area contributed by atoms with Crippen LogP contribution in [-0.2, 0) is 4.74 Å². The Bertz CT molecular complexity index is 119. The van der Waals surface area contributed by atoms with Crippen LogP contribution in [0.1, 0.15) is 32.6 Å². The van der Waals surface area contributed by atoms with Crippen LogP contribution in [0.4, 0.5) is 0 Å². The summed E-state index contributed by atoms with van der Waals surface area (Å²) >= 11 is 0. The summed E-state index contributed by atoms with van der Waals surface area (Å²) in [7, 11) is 1.69. The minimum Gasteiger partial charge on any atom is -0.392 e. The highest BCUT2D eigenvalue weighted by molar-refractivity contribution is 4.77. The Labute approximate surface area is 74.9 Å². The highest BCUT2D eigenvalue weighted by Crippen LogP contribution is 2.30. The van der Waals surface area contributed by atoms with Crippen molar-refractivity contribution in [1.29, 1.82) is 0 Å². The standard InChI is InChI=1S/C10H20O2/c1-8(7-12-2)10(11)9-5-3-4-6-9/h8-11H,3-7H2,1-2H3. The van der Waals surface area contributed by atoms with E-state index in [-0.39, 0.29) is 12.0 Å². The molecule has 1 saturated carbocycles. The molecule has 12 heavy (non-hydrogen) atoms. The molecule has 2 heteroatoms. The molecule has 2 nitrogen and oxygen atoms in total. The fourth-order valence-corrected chi connectivity index (χ4v) is 2.13. The third kappa shape index (κ3) is 2.46. The first-order chi connectivity index (χ1) is 5.75. The quantitative estimate of drug-likeness (QED) is 0.701. The molecule has 0 amide bonds. The third-order valence-corrected chi connectivity index (χ3v) is 2.90. The maximum atomic E-state index is 9.87. The van der Waals surface area contributed by atoms with Crippen molar-refractivity contribution >= 4 is 0 Å². The Balaban J connectivity index is 2.29. The molecular formula is C10H20O2. The number of aliphatic hydroxyl groups excluding tert-OH is 1. The highest BCUT2D eigenvalue weighted by atomic mass is 16.5. The van der Waals surface area contributed by atoms with Gasteiger partial charge in [0, 0.05) is 13.0 Å². The summed E-state index contributed by atoms with van der Waals surface area (Å²) < 4.78 is 5.02. The zero-order chi connectivity index (χ0) is 8.97. The Morgan fingerprint density at radius 2 is 2.00 bits per heavy atom. The minimum absolute atomic E-state index is 0.146. The van der Waals surface area contributed by atoms with Gasteiger partial charge in [-0.05, 0) is 18.8 Å². The number of ether oxygens (including phenoxy) is 1. The average Bonchev–Trinajstić information content (AvgIpc) is 2.55. The van der Waals surface area contributed by atoms with Crippen molar-refractivity contribution in [2.24, 2.45) is 11.8 Å². The van der Waals surface area contributed by atoms with Gasteiger partial charge >= 0.3 is 0 Å². The topological polar surface area (TPSA) is 29.5 Å². The Morgan fingerprint density at radius 3 is 2.50 bits per heavy atom. The van der Waals surface area contributed by atoms with Crippen LogP contribution < -0.4 is 0 Å². The van der Waals surface area contributed by atoms with Gasteiger partial charge in [-0.25, -0.2) is 0 Å². The van der Waals surface area contributed by atoms with Crippen LogP contribution in [0, 0.1) is 11.8 Å².